The first-order valence-corrected chi connectivity index (χ1v) is 10.1. The number of carbonyl (C=O) groups excluding carboxylic acids is 1. The molecule has 2 aromatic carbocycles. The maximum Gasteiger partial charge on any atom is 0.416 e. The summed E-state index contributed by atoms with van der Waals surface area (Å²) in [5.41, 5.74) is -0.414. The number of unbranched alkanes of at least 4 members (excludes halogenated alkanes) is 1. The Hall–Kier alpha value is -2.51. The van der Waals surface area contributed by atoms with Crippen LogP contribution in [0.5, 0.6) is 5.75 Å². The zero-order chi connectivity index (χ0) is 23.2. The standard InChI is InChI=1S/C22H19Cl2F3O4/c1-2-3-4-18(21(29)30)31-17-12-8-14(19(23)20(17)24)7-11-16(28)13-5-9-15(10-6-13)22(25,26)27/h5-12,18H,2-4H2,1H3,(H,29,30)/b11-7+. The van der Waals surface area contributed by atoms with Crippen LogP contribution in [0.15, 0.2) is 42.5 Å². The molecule has 1 atom stereocenters. The lowest BCUT2D eigenvalue weighted by Crippen LogP contribution is -2.27. The molecule has 0 aliphatic carbocycles. The van der Waals surface area contributed by atoms with E-state index in [4.69, 9.17) is 27.9 Å². The van der Waals surface area contributed by atoms with Gasteiger partial charge in [0.05, 0.1) is 10.6 Å². The van der Waals surface area contributed by atoms with E-state index >= 15 is 0 Å². The van der Waals surface area contributed by atoms with E-state index < -0.39 is 29.6 Å². The molecule has 0 fully saturated rings. The van der Waals surface area contributed by atoms with Crippen LogP contribution in [0.3, 0.4) is 0 Å². The van der Waals surface area contributed by atoms with Gasteiger partial charge in [-0.1, -0.05) is 48.7 Å². The largest absolute Gasteiger partial charge is 0.479 e. The molecule has 4 nitrogen and oxygen atoms in total. The minimum atomic E-state index is -4.48. The van der Waals surface area contributed by atoms with Crippen molar-refractivity contribution >= 4 is 41.0 Å². The Balaban J connectivity index is 2.17. The third-order valence-corrected chi connectivity index (χ3v) is 5.23. The fraction of sp³-hybridized carbons (Fsp3) is 0.273. The Labute approximate surface area is 187 Å². The van der Waals surface area contributed by atoms with Gasteiger partial charge in [0.15, 0.2) is 11.9 Å². The fourth-order valence-corrected chi connectivity index (χ4v) is 3.06. The van der Waals surface area contributed by atoms with Crippen molar-refractivity contribution in [2.75, 3.05) is 0 Å². The van der Waals surface area contributed by atoms with Crippen molar-refractivity contribution in [3.8, 4) is 5.75 Å². The number of ether oxygens (including phenoxy) is 1. The first kappa shape index (κ1) is 24.8. The number of hydrogen-bond donors (Lipinski definition) is 1. The van der Waals surface area contributed by atoms with Crippen molar-refractivity contribution in [1.82, 2.24) is 0 Å². The molecule has 0 heterocycles. The summed E-state index contributed by atoms with van der Waals surface area (Å²) >= 11 is 12.4. The first-order valence-electron chi connectivity index (χ1n) is 9.31. The van der Waals surface area contributed by atoms with Crippen molar-refractivity contribution in [2.45, 2.75) is 38.5 Å². The highest BCUT2D eigenvalue weighted by Gasteiger charge is 2.30. The Kier molecular flexibility index (Phi) is 8.53. The van der Waals surface area contributed by atoms with Gasteiger partial charge in [0.2, 0.25) is 0 Å². The molecule has 2 aromatic rings. The third-order valence-electron chi connectivity index (χ3n) is 4.35. The monoisotopic (exact) mass is 474 g/mol. The molecule has 0 amide bonds. The topological polar surface area (TPSA) is 63.6 Å². The minimum Gasteiger partial charge on any atom is -0.479 e. The van der Waals surface area contributed by atoms with Gasteiger partial charge in [0.1, 0.15) is 10.8 Å². The lowest BCUT2D eigenvalue weighted by atomic mass is 10.1. The summed E-state index contributed by atoms with van der Waals surface area (Å²) in [7, 11) is 0. The summed E-state index contributed by atoms with van der Waals surface area (Å²) in [6.07, 6.45) is -1.26. The lowest BCUT2D eigenvalue weighted by Gasteiger charge is -2.17. The highest BCUT2D eigenvalue weighted by molar-refractivity contribution is 6.43. The van der Waals surface area contributed by atoms with Crippen LogP contribution >= 0.6 is 23.2 Å². The van der Waals surface area contributed by atoms with Crippen molar-refractivity contribution in [2.24, 2.45) is 0 Å². The molecule has 166 valence electrons. The number of rotatable bonds is 9. The minimum absolute atomic E-state index is 0.00598. The Morgan fingerprint density at radius 2 is 1.74 bits per heavy atom. The molecule has 0 saturated carbocycles. The average Bonchev–Trinajstić information content (AvgIpc) is 2.72. The molecule has 0 saturated heterocycles. The Bertz CT molecular complexity index is 970. The predicted octanol–water partition coefficient (Wildman–Crippen LogP) is 6.93. The van der Waals surface area contributed by atoms with Crippen molar-refractivity contribution in [3.05, 3.63) is 69.2 Å². The van der Waals surface area contributed by atoms with Gasteiger partial charge in [-0.25, -0.2) is 4.79 Å². The zero-order valence-electron chi connectivity index (χ0n) is 16.4. The van der Waals surface area contributed by atoms with E-state index in [1.165, 1.54) is 18.2 Å². The lowest BCUT2D eigenvalue weighted by molar-refractivity contribution is -0.145. The molecule has 1 unspecified atom stereocenters. The number of carboxylic acid groups (broad SMARTS) is 1. The van der Waals surface area contributed by atoms with Crippen LogP contribution in [0.25, 0.3) is 6.08 Å². The number of hydrogen-bond acceptors (Lipinski definition) is 3. The number of allylic oxidation sites excluding steroid dienone is 1. The van der Waals surface area contributed by atoms with Crippen molar-refractivity contribution in [3.63, 3.8) is 0 Å². The molecule has 0 aromatic heterocycles. The summed E-state index contributed by atoms with van der Waals surface area (Å²) in [4.78, 5) is 23.6. The van der Waals surface area contributed by atoms with Gasteiger partial charge in [0.25, 0.3) is 0 Å². The third kappa shape index (κ3) is 6.74. The summed E-state index contributed by atoms with van der Waals surface area (Å²) in [6.45, 7) is 1.93. The number of aliphatic carboxylic acids is 1. The van der Waals surface area contributed by atoms with Crippen LogP contribution in [0, 0.1) is 0 Å². The summed E-state index contributed by atoms with van der Waals surface area (Å²) in [6, 6.07) is 6.77. The Morgan fingerprint density at radius 1 is 1.10 bits per heavy atom. The SMILES string of the molecule is CCCCC(Oc1ccc(/C=C/C(=O)c2ccc(C(F)(F)F)cc2)c(Cl)c1Cl)C(=O)O. The normalized spacial score (nSPS) is 12.7. The molecule has 0 bridgehead atoms. The predicted molar refractivity (Wildman–Crippen MR) is 113 cm³/mol. The molecule has 31 heavy (non-hydrogen) atoms. The van der Waals surface area contributed by atoms with Crippen molar-refractivity contribution in [1.29, 1.82) is 0 Å². The molecule has 9 heteroatoms. The molecule has 0 spiro atoms. The number of carbonyl (C=O) groups is 2. The maximum absolute atomic E-state index is 12.6. The maximum atomic E-state index is 12.6. The molecule has 2 rings (SSSR count). The zero-order valence-corrected chi connectivity index (χ0v) is 17.9. The summed E-state index contributed by atoms with van der Waals surface area (Å²) in [5.74, 6) is -1.54. The van der Waals surface area contributed by atoms with Crippen LogP contribution in [-0.2, 0) is 11.0 Å². The van der Waals surface area contributed by atoms with Gasteiger partial charge in [-0.05, 0) is 54.8 Å². The van der Waals surface area contributed by atoms with E-state index in [2.05, 4.69) is 0 Å². The molecular weight excluding hydrogens is 456 g/mol. The molecule has 1 N–H and O–H groups in total. The summed E-state index contributed by atoms with van der Waals surface area (Å²) < 4.78 is 43.3. The second kappa shape index (κ2) is 10.7. The van der Waals surface area contributed by atoms with Crippen LogP contribution in [0.1, 0.15) is 47.7 Å². The summed E-state index contributed by atoms with van der Waals surface area (Å²) in [5, 5.41) is 9.32. The van der Waals surface area contributed by atoms with E-state index in [1.54, 1.807) is 0 Å². The van der Waals surface area contributed by atoms with Gasteiger partial charge in [0, 0.05) is 5.56 Å². The highest BCUT2D eigenvalue weighted by Crippen LogP contribution is 2.36. The number of alkyl halides is 3. The van der Waals surface area contributed by atoms with E-state index in [-0.39, 0.29) is 21.4 Å². The van der Waals surface area contributed by atoms with E-state index in [9.17, 15) is 27.9 Å². The molecule has 0 aliphatic heterocycles. The number of benzene rings is 2. The second-order valence-corrected chi connectivity index (χ2v) is 7.40. The molecule has 0 radical (unpaired) electrons. The fourth-order valence-electron chi connectivity index (χ4n) is 2.63. The van der Waals surface area contributed by atoms with Gasteiger partial charge < -0.3 is 9.84 Å². The molecule has 0 aliphatic rings. The van der Waals surface area contributed by atoms with Crippen LogP contribution < -0.4 is 4.74 Å². The van der Waals surface area contributed by atoms with E-state index in [0.29, 0.717) is 18.4 Å². The Morgan fingerprint density at radius 3 is 2.29 bits per heavy atom. The first-order chi connectivity index (χ1) is 14.5. The number of carboxylic acids is 1. The average molecular weight is 475 g/mol. The second-order valence-electron chi connectivity index (χ2n) is 6.64. The van der Waals surface area contributed by atoms with Crippen LogP contribution in [0.4, 0.5) is 13.2 Å². The van der Waals surface area contributed by atoms with Gasteiger partial charge in [-0.15, -0.1) is 0 Å². The van der Waals surface area contributed by atoms with Gasteiger partial charge in [-0.2, -0.15) is 13.2 Å². The van der Waals surface area contributed by atoms with E-state index in [1.807, 2.05) is 6.92 Å². The van der Waals surface area contributed by atoms with Crippen LogP contribution in [0.2, 0.25) is 10.0 Å². The van der Waals surface area contributed by atoms with E-state index in [0.717, 1.165) is 36.8 Å². The quantitative estimate of drug-likeness (QED) is 0.316. The smallest absolute Gasteiger partial charge is 0.416 e. The highest BCUT2D eigenvalue weighted by atomic mass is 35.5. The van der Waals surface area contributed by atoms with Gasteiger partial charge >= 0.3 is 12.1 Å². The van der Waals surface area contributed by atoms with Crippen molar-refractivity contribution < 1.29 is 32.6 Å². The molecular formula is C22H19Cl2F3O4. The van der Waals surface area contributed by atoms with Crippen LogP contribution in [-0.4, -0.2) is 23.0 Å². The number of halogens is 5. The van der Waals surface area contributed by atoms with Gasteiger partial charge in [-0.3, -0.25) is 4.79 Å². The number of ketones is 1.